The number of benzene rings is 2. The maximum Gasteiger partial charge on any atom is 0.0294 e. The predicted octanol–water partition coefficient (Wildman–Crippen LogP) is 4.66. The van der Waals surface area contributed by atoms with Gasteiger partial charge in [-0.25, -0.2) is 0 Å². The topological polar surface area (TPSA) is 26.0 Å². The second-order valence-electron chi connectivity index (χ2n) is 5.48. The minimum atomic E-state index is 0.161. The van der Waals surface area contributed by atoms with Gasteiger partial charge in [0.05, 0.1) is 0 Å². The highest BCUT2D eigenvalue weighted by atomic mass is 14.6. The Bertz CT molecular complexity index is 487. The lowest BCUT2D eigenvalue weighted by molar-refractivity contribution is 0.611. The van der Waals surface area contributed by atoms with E-state index in [0.717, 1.165) is 25.7 Å². The Hall–Kier alpha value is -1.60. The molecule has 20 heavy (non-hydrogen) atoms. The largest absolute Gasteiger partial charge is 0.324 e. The highest BCUT2D eigenvalue weighted by molar-refractivity contribution is 5.25. The van der Waals surface area contributed by atoms with Gasteiger partial charge in [0.15, 0.2) is 0 Å². The van der Waals surface area contributed by atoms with Gasteiger partial charge in [-0.15, -0.1) is 0 Å². The summed E-state index contributed by atoms with van der Waals surface area (Å²) in [4.78, 5) is 0. The first-order chi connectivity index (χ1) is 9.79. The summed E-state index contributed by atoms with van der Waals surface area (Å²) in [6.45, 7) is 2.21. The summed E-state index contributed by atoms with van der Waals surface area (Å²) in [6, 6.07) is 19.6. The van der Waals surface area contributed by atoms with Crippen molar-refractivity contribution >= 4 is 0 Å². The Morgan fingerprint density at radius 3 is 2.15 bits per heavy atom. The van der Waals surface area contributed by atoms with Crippen molar-refractivity contribution in [3.05, 3.63) is 71.3 Å². The molecule has 0 amide bonds. The SMILES string of the molecule is CCCc1ccc(C(N)CCCc2ccccc2)cc1. The van der Waals surface area contributed by atoms with E-state index in [-0.39, 0.29) is 6.04 Å². The van der Waals surface area contributed by atoms with Crippen LogP contribution in [0.1, 0.15) is 48.9 Å². The van der Waals surface area contributed by atoms with Crippen molar-refractivity contribution in [2.24, 2.45) is 5.73 Å². The molecule has 1 atom stereocenters. The zero-order valence-corrected chi connectivity index (χ0v) is 12.4. The monoisotopic (exact) mass is 267 g/mol. The second-order valence-corrected chi connectivity index (χ2v) is 5.48. The average Bonchev–Trinajstić information content (AvgIpc) is 2.49. The van der Waals surface area contributed by atoms with E-state index in [1.54, 1.807) is 0 Å². The molecule has 1 unspecified atom stereocenters. The number of rotatable bonds is 7. The Labute approximate surface area is 122 Å². The lowest BCUT2D eigenvalue weighted by atomic mass is 9.98. The first kappa shape index (κ1) is 14.8. The van der Waals surface area contributed by atoms with Crippen LogP contribution in [-0.4, -0.2) is 0 Å². The van der Waals surface area contributed by atoms with Crippen LogP contribution in [0.5, 0.6) is 0 Å². The summed E-state index contributed by atoms with van der Waals surface area (Å²) in [5, 5.41) is 0. The lowest BCUT2D eigenvalue weighted by Gasteiger charge is -2.12. The molecule has 0 saturated heterocycles. The summed E-state index contributed by atoms with van der Waals surface area (Å²) < 4.78 is 0. The third-order valence-corrected chi connectivity index (χ3v) is 3.77. The Kier molecular flexibility index (Phi) is 5.82. The molecule has 0 aliphatic carbocycles. The van der Waals surface area contributed by atoms with Gasteiger partial charge in [0.1, 0.15) is 0 Å². The van der Waals surface area contributed by atoms with E-state index in [0.29, 0.717) is 0 Å². The van der Waals surface area contributed by atoms with E-state index >= 15 is 0 Å². The van der Waals surface area contributed by atoms with Gasteiger partial charge in [-0.3, -0.25) is 0 Å². The first-order valence-corrected chi connectivity index (χ1v) is 7.68. The molecule has 0 aromatic heterocycles. The molecule has 106 valence electrons. The summed E-state index contributed by atoms with van der Waals surface area (Å²) in [5.74, 6) is 0. The maximum absolute atomic E-state index is 6.28. The molecular formula is C19H25N. The molecule has 0 saturated carbocycles. The van der Waals surface area contributed by atoms with Crippen LogP contribution in [0.25, 0.3) is 0 Å². The minimum absolute atomic E-state index is 0.161. The average molecular weight is 267 g/mol. The summed E-state index contributed by atoms with van der Waals surface area (Å²) in [6.07, 6.45) is 5.65. The molecule has 0 heterocycles. The molecule has 0 fully saturated rings. The molecule has 2 rings (SSSR count). The highest BCUT2D eigenvalue weighted by Crippen LogP contribution is 2.18. The third-order valence-electron chi connectivity index (χ3n) is 3.77. The maximum atomic E-state index is 6.28. The van der Waals surface area contributed by atoms with Crippen LogP contribution in [0.15, 0.2) is 54.6 Å². The van der Waals surface area contributed by atoms with Gasteiger partial charge in [0, 0.05) is 6.04 Å². The van der Waals surface area contributed by atoms with Crippen LogP contribution >= 0.6 is 0 Å². The van der Waals surface area contributed by atoms with Crippen molar-refractivity contribution < 1.29 is 0 Å². The van der Waals surface area contributed by atoms with Gasteiger partial charge in [0.25, 0.3) is 0 Å². The Morgan fingerprint density at radius 1 is 0.850 bits per heavy atom. The fourth-order valence-electron chi connectivity index (χ4n) is 2.56. The van der Waals surface area contributed by atoms with Crippen LogP contribution in [0.4, 0.5) is 0 Å². The lowest BCUT2D eigenvalue weighted by Crippen LogP contribution is -2.10. The van der Waals surface area contributed by atoms with E-state index in [9.17, 15) is 0 Å². The predicted molar refractivity (Wildman–Crippen MR) is 86.7 cm³/mol. The van der Waals surface area contributed by atoms with E-state index in [2.05, 4.69) is 61.5 Å². The van der Waals surface area contributed by atoms with E-state index in [1.807, 2.05) is 0 Å². The minimum Gasteiger partial charge on any atom is -0.324 e. The molecule has 0 aliphatic rings. The molecule has 1 heteroatoms. The van der Waals surface area contributed by atoms with Crippen LogP contribution < -0.4 is 5.73 Å². The van der Waals surface area contributed by atoms with E-state index in [4.69, 9.17) is 5.73 Å². The van der Waals surface area contributed by atoms with Crippen LogP contribution in [-0.2, 0) is 12.8 Å². The molecule has 0 aliphatic heterocycles. The first-order valence-electron chi connectivity index (χ1n) is 7.68. The van der Waals surface area contributed by atoms with Gasteiger partial charge in [-0.2, -0.15) is 0 Å². The smallest absolute Gasteiger partial charge is 0.0294 e. The van der Waals surface area contributed by atoms with Gasteiger partial charge in [-0.05, 0) is 42.4 Å². The van der Waals surface area contributed by atoms with E-state index < -0.39 is 0 Å². The standard InChI is InChI=1S/C19H25N/c1-2-7-16-12-14-18(15-13-16)19(20)11-6-10-17-8-4-3-5-9-17/h3-5,8-9,12-15,19H,2,6-7,10-11,20H2,1H3. The molecule has 0 spiro atoms. The molecular weight excluding hydrogens is 242 g/mol. The van der Waals surface area contributed by atoms with Gasteiger partial charge in [0.2, 0.25) is 0 Å². The van der Waals surface area contributed by atoms with Crippen LogP contribution in [0.3, 0.4) is 0 Å². The zero-order chi connectivity index (χ0) is 14.2. The number of hydrogen-bond acceptors (Lipinski definition) is 1. The zero-order valence-electron chi connectivity index (χ0n) is 12.4. The van der Waals surface area contributed by atoms with Crippen molar-refractivity contribution in [3.8, 4) is 0 Å². The van der Waals surface area contributed by atoms with Crippen LogP contribution in [0, 0.1) is 0 Å². The number of nitrogens with two attached hydrogens (primary N) is 1. The summed E-state index contributed by atoms with van der Waals surface area (Å²) in [7, 11) is 0. The molecule has 2 N–H and O–H groups in total. The molecule has 0 bridgehead atoms. The molecule has 1 nitrogen and oxygen atoms in total. The van der Waals surface area contributed by atoms with E-state index in [1.165, 1.54) is 23.1 Å². The molecule has 2 aromatic rings. The summed E-state index contributed by atoms with van der Waals surface area (Å²) in [5.41, 5.74) is 10.4. The normalized spacial score (nSPS) is 12.3. The van der Waals surface area contributed by atoms with Crippen molar-refractivity contribution in [2.75, 3.05) is 0 Å². The van der Waals surface area contributed by atoms with Gasteiger partial charge in [-0.1, -0.05) is 67.9 Å². The van der Waals surface area contributed by atoms with Crippen molar-refractivity contribution in [1.82, 2.24) is 0 Å². The fourth-order valence-corrected chi connectivity index (χ4v) is 2.56. The fraction of sp³-hybridized carbons (Fsp3) is 0.368. The molecule has 0 radical (unpaired) electrons. The van der Waals surface area contributed by atoms with Crippen LogP contribution in [0.2, 0.25) is 0 Å². The molecule has 2 aromatic carbocycles. The second kappa shape index (κ2) is 7.86. The van der Waals surface area contributed by atoms with Gasteiger partial charge >= 0.3 is 0 Å². The van der Waals surface area contributed by atoms with Crippen molar-refractivity contribution in [3.63, 3.8) is 0 Å². The summed E-state index contributed by atoms with van der Waals surface area (Å²) >= 11 is 0. The van der Waals surface area contributed by atoms with Gasteiger partial charge < -0.3 is 5.73 Å². The Morgan fingerprint density at radius 2 is 1.50 bits per heavy atom. The third kappa shape index (κ3) is 4.50. The number of hydrogen-bond donors (Lipinski definition) is 1. The quantitative estimate of drug-likeness (QED) is 0.775. The highest BCUT2D eigenvalue weighted by Gasteiger charge is 2.05. The number of aryl methyl sites for hydroxylation is 2. The van der Waals surface area contributed by atoms with Crippen molar-refractivity contribution in [1.29, 1.82) is 0 Å². The Balaban J connectivity index is 1.80. The van der Waals surface area contributed by atoms with Crippen molar-refractivity contribution in [2.45, 2.75) is 45.1 Å².